The predicted octanol–water partition coefficient (Wildman–Crippen LogP) is 4.13. The Kier molecular flexibility index (Phi) is 8.27. The first-order chi connectivity index (χ1) is 22.2. The average Bonchev–Trinajstić information content (AvgIpc) is 3.80. The number of H-pyrrole nitrogens is 1. The highest BCUT2D eigenvalue weighted by atomic mass is 16.2. The Labute approximate surface area is 265 Å². The molecule has 0 aliphatic carbocycles. The molecule has 6 rings (SSSR count). The number of allylic oxidation sites excluding steroid dienone is 2. The molecule has 0 radical (unpaired) electrons. The molecule has 4 heterocycles. The number of fused-ring (bicyclic) bond motifs is 2. The second-order valence-electron chi connectivity index (χ2n) is 11.3. The third-order valence-corrected chi connectivity index (χ3v) is 8.22. The zero-order valence-electron chi connectivity index (χ0n) is 27.0. The third-order valence-electron chi connectivity index (χ3n) is 8.22. The van der Waals surface area contributed by atoms with Gasteiger partial charge in [0.05, 0.1) is 33.5 Å². The molecular weight excluding hydrogens is 580 g/mol. The Morgan fingerprint density at radius 3 is 2.13 bits per heavy atom. The summed E-state index contributed by atoms with van der Waals surface area (Å²) in [5.74, 6) is -0.725. The topological polar surface area (TPSA) is 125 Å². The highest BCUT2D eigenvalue weighted by Crippen LogP contribution is 2.19. The quantitative estimate of drug-likeness (QED) is 0.258. The number of rotatable bonds is 8. The number of nitrogens with zero attached hydrogens (tertiary/aromatic N) is 9. The molecule has 0 saturated carbocycles. The van der Waals surface area contributed by atoms with Gasteiger partial charge in [-0.3, -0.25) is 19.4 Å². The van der Waals surface area contributed by atoms with Crippen LogP contribution in [0, 0.1) is 13.8 Å². The largest absolute Gasteiger partial charge is 0.313 e. The molecule has 12 heteroatoms. The van der Waals surface area contributed by atoms with E-state index in [1.54, 1.807) is 16.8 Å². The van der Waals surface area contributed by atoms with Crippen molar-refractivity contribution >= 4 is 33.9 Å². The average molecular weight is 619 g/mol. The zero-order chi connectivity index (χ0) is 32.5. The van der Waals surface area contributed by atoms with Gasteiger partial charge in [0.15, 0.2) is 0 Å². The first-order valence-corrected chi connectivity index (χ1v) is 15.4. The van der Waals surface area contributed by atoms with Crippen LogP contribution in [-0.4, -0.2) is 50.1 Å². The molecular formula is C34H38N10O2. The van der Waals surface area contributed by atoms with Crippen molar-refractivity contribution in [1.82, 2.24) is 38.2 Å². The highest BCUT2D eigenvalue weighted by Gasteiger charge is 2.16. The number of hydrogen-bond donors (Lipinski definition) is 1. The first kappa shape index (κ1) is 30.5. The smallest absolute Gasteiger partial charge is 0.298 e. The van der Waals surface area contributed by atoms with E-state index >= 15 is 0 Å². The summed E-state index contributed by atoms with van der Waals surface area (Å²) in [5, 5.41) is 11.3. The van der Waals surface area contributed by atoms with Gasteiger partial charge in [-0.2, -0.15) is 20.2 Å². The standard InChI is InChI=1S/C34H38N10O2/c1-7-24-14-13-17-28-30(24)41(6)34(35-31(45)25-20-22(3)37-38-25)43(28)19-12-11-18-42-27-16-10-9-15-26(27)40(5)33(42)36-32(46)29-21-23(4)39-44(29)8-2/h9-17,20-21H,7-8,18-19H2,1-6H3,(H,37,38)/b12-11+,35-34+,36-33+. The molecule has 4 aromatic heterocycles. The number of benzene rings is 2. The summed E-state index contributed by atoms with van der Waals surface area (Å²) < 4.78 is 9.67. The Hall–Kier alpha value is -5.52. The molecule has 12 nitrogen and oxygen atoms in total. The molecule has 0 aliphatic heterocycles. The molecule has 6 aromatic rings. The van der Waals surface area contributed by atoms with E-state index in [0.29, 0.717) is 42.3 Å². The minimum absolute atomic E-state index is 0.340. The summed E-state index contributed by atoms with van der Waals surface area (Å²) in [7, 11) is 3.86. The minimum atomic E-state index is -0.385. The van der Waals surface area contributed by atoms with Gasteiger partial charge in [0.25, 0.3) is 11.8 Å². The summed E-state index contributed by atoms with van der Waals surface area (Å²) in [5.41, 5.74) is 8.51. The SMILES string of the molecule is CCc1cccc2c1n(C)/c(=N\C(=O)c1cc(C)n[nH]1)n2C/C=C/Cn1/c(=N/C(=O)c2cc(C)nn2CC)n(C)c2ccccc21. The fourth-order valence-electron chi connectivity index (χ4n) is 6.01. The van der Waals surface area contributed by atoms with Crippen molar-refractivity contribution in [3.8, 4) is 0 Å². The van der Waals surface area contributed by atoms with Gasteiger partial charge < -0.3 is 18.3 Å². The van der Waals surface area contributed by atoms with E-state index in [9.17, 15) is 9.59 Å². The highest BCUT2D eigenvalue weighted by molar-refractivity contribution is 5.94. The zero-order valence-corrected chi connectivity index (χ0v) is 27.0. The van der Waals surface area contributed by atoms with Crippen LogP contribution in [0.1, 0.15) is 51.8 Å². The number of imidazole rings is 2. The molecule has 0 atom stereocenters. The molecule has 236 valence electrons. The van der Waals surface area contributed by atoms with Crippen LogP contribution in [0.3, 0.4) is 0 Å². The van der Waals surface area contributed by atoms with Crippen LogP contribution >= 0.6 is 0 Å². The maximum Gasteiger partial charge on any atom is 0.298 e. The van der Waals surface area contributed by atoms with E-state index < -0.39 is 0 Å². The third kappa shape index (κ3) is 5.46. The van der Waals surface area contributed by atoms with Crippen LogP contribution in [0.15, 0.2) is 76.7 Å². The van der Waals surface area contributed by atoms with E-state index in [1.807, 2.05) is 83.5 Å². The molecule has 46 heavy (non-hydrogen) atoms. The Morgan fingerprint density at radius 2 is 1.46 bits per heavy atom. The van der Waals surface area contributed by atoms with Crippen molar-refractivity contribution in [2.75, 3.05) is 0 Å². The van der Waals surface area contributed by atoms with Gasteiger partial charge in [0.2, 0.25) is 11.2 Å². The molecule has 0 spiro atoms. The number of nitrogens with one attached hydrogen (secondary N) is 1. The molecule has 0 saturated heterocycles. The van der Waals surface area contributed by atoms with Crippen LogP contribution < -0.4 is 11.2 Å². The summed E-state index contributed by atoms with van der Waals surface area (Å²) in [4.78, 5) is 35.7. The lowest BCUT2D eigenvalue weighted by atomic mass is 10.1. The van der Waals surface area contributed by atoms with Crippen molar-refractivity contribution in [3.63, 3.8) is 0 Å². The molecule has 1 N–H and O–H groups in total. The summed E-state index contributed by atoms with van der Waals surface area (Å²) in [6.07, 6.45) is 4.95. The number of hydrogen-bond acceptors (Lipinski definition) is 4. The van der Waals surface area contributed by atoms with Crippen molar-refractivity contribution in [3.05, 3.63) is 106 Å². The number of carbonyl (C=O) groups is 2. The minimum Gasteiger partial charge on any atom is -0.313 e. The van der Waals surface area contributed by atoms with Crippen molar-refractivity contribution in [2.45, 2.75) is 53.8 Å². The van der Waals surface area contributed by atoms with Gasteiger partial charge in [0, 0.05) is 33.7 Å². The number of amides is 2. The molecule has 0 aliphatic rings. The van der Waals surface area contributed by atoms with Crippen LogP contribution in [0.4, 0.5) is 0 Å². The number of aromatic nitrogens is 8. The monoisotopic (exact) mass is 618 g/mol. The van der Waals surface area contributed by atoms with E-state index in [-0.39, 0.29) is 11.8 Å². The molecule has 0 unspecified atom stereocenters. The van der Waals surface area contributed by atoms with E-state index in [1.165, 1.54) is 5.56 Å². The van der Waals surface area contributed by atoms with Crippen LogP contribution in [-0.2, 0) is 40.2 Å². The Morgan fingerprint density at radius 1 is 0.804 bits per heavy atom. The predicted molar refractivity (Wildman–Crippen MR) is 176 cm³/mol. The van der Waals surface area contributed by atoms with Gasteiger partial charge in [-0.25, -0.2) is 0 Å². The summed E-state index contributed by atoms with van der Waals surface area (Å²) >= 11 is 0. The van der Waals surface area contributed by atoms with Crippen LogP contribution in [0.2, 0.25) is 0 Å². The van der Waals surface area contributed by atoms with Crippen LogP contribution in [0.5, 0.6) is 0 Å². The van der Waals surface area contributed by atoms with Gasteiger partial charge in [-0.15, -0.1) is 0 Å². The fourth-order valence-corrected chi connectivity index (χ4v) is 6.01. The molecule has 2 amide bonds. The van der Waals surface area contributed by atoms with Crippen molar-refractivity contribution < 1.29 is 9.59 Å². The lowest BCUT2D eigenvalue weighted by Gasteiger charge is -2.04. The Bertz CT molecular complexity index is 2280. The van der Waals surface area contributed by atoms with Crippen molar-refractivity contribution in [2.24, 2.45) is 24.1 Å². The summed E-state index contributed by atoms with van der Waals surface area (Å²) in [6, 6.07) is 17.7. The van der Waals surface area contributed by atoms with E-state index in [4.69, 9.17) is 0 Å². The lowest BCUT2D eigenvalue weighted by molar-refractivity contribution is 0.0980. The number of aryl methyl sites for hydroxylation is 6. The second-order valence-corrected chi connectivity index (χ2v) is 11.3. The number of para-hydroxylation sites is 3. The van der Waals surface area contributed by atoms with E-state index in [0.717, 1.165) is 39.9 Å². The molecule has 0 bridgehead atoms. The van der Waals surface area contributed by atoms with Gasteiger partial charge in [-0.1, -0.05) is 43.3 Å². The summed E-state index contributed by atoms with van der Waals surface area (Å²) in [6.45, 7) is 9.30. The van der Waals surface area contributed by atoms with Crippen molar-refractivity contribution in [1.29, 1.82) is 0 Å². The van der Waals surface area contributed by atoms with Gasteiger partial charge >= 0.3 is 0 Å². The maximum absolute atomic E-state index is 13.4. The fraction of sp³-hybridized carbons (Fsp3) is 0.294. The maximum atomic E-state index is 13.4. The van der Waals surface area contributed by atoms with Gasteiger partial charge in [-0.05, 0) is 63.1 Å². The second kappa shape index (κ2) is 12.5. The molecule has 0 fully saturated rings. The number of aromatic amines is 1. The normalized spacial score (nSPS) is 12.8. The number of carbonyl (C=O) groups excluding carboxylic acids is 2. The van der Waals surface area contributed by atoms with Gasteiger partial charge in [0.1, 0.15) is 11.4 Å². The lowest BCUT2D eigenvalue weighted by Crippen LogP contribution is -2.27. The van der Waals surface area contributed by atoms with Crippen LogP contribution in [0.25, 0.3) is 22.1 Å². The van der Waals surface area contributed by atoms with E-state index in [2.05, 4.69) is 56.5 Å². The first-order valence-electron chi connectivity index (χ1n) is 15.4. The molecule has 2 aromatic carbocycles. The Balaban J connectivity index is 1.39.